The lowest BCUT2D eigenvalue weighted by molar-refractivity contribution is -0.274. The number of phenolic OH excluding ortho intramolecular Hbond substituents is 1. The van der Waals surface area contributed by atoms with Crippen LogP contribution in [0.2, 0.25) is 0 Å². The molecule has 0 fully saturated rings. The van der Waals surface area contributed by atoms with Crippen LogP contribution in [0.4, 0.5) is 17.6 Å². The van der Waals surface area contributed by atoms with Crippen molar-refractivity contribution in [2.45, 2.75) is 6.36 Å². The topological polar surface area (TPSA) is 29.5 Å². The zero-order valence-corrected chi connectivity index (χ0v) is 9.41. The molecule has 0 aliphatic carbocycles. The summed E-state index contributed by atoms with van der Waals surface area (Å²) < 4.78 is 53.2. The van der Waals surface area contributed by atoms with Crippen LogP contribution < -0.4 is 4.74 Å². The average Bonchev–Trinajstić information content (AvgIpc) is 2.32. The van der Waals surface area contributed by atoms with Crippen molar-refractivity contribution >= 4 is 0 Å². The lowest BCUT2D eigenvalue weighted by atomic mass is 10.0. The Morgan fingerprint density at radius 2 is 1.58 bits per heavy atom. The second-order valence-corrected chi connectivity index (χ2v) is 3.71. The number of hydrogen-bond acceptors (Lipinski definition) is 2. The third-order valence-electron chi connectivity index (χ3n) is 2.38. The quantitative estimate of drug-likeness (QED) is 0.834. The molecule has 2 rings (SSSR count). The largest absolute Gasteiger partial charge is 0.573 e. The molecule has 0 amide bonds. The first-order valence-corrected chi connectivity index (χ1v) is 5.20. The predicted octanol–water partition coefficient (Wildman–Crippen LogP) is 4.10. The zero-order chi connectivity index (χ0) is 14.0. The van der Waals surface area contributed by atoms with Gasteiger partial charge in [0.25, 0.3) is 0 Å². The minimum atomic E-state index is -4.77. The monoisotopic (exact) mass is 272 g/mol. The summed E-state index contributed by atoms with van der Waals surface area (Å²) in [6.07, 6.45) is -4.77. The normalized spacial score (nSPS) is 11.4. The van der Waals surface area contributed by atoms with Crippen LogP contribution in [0.15, 0.2) is 42.5 Å². The van der Waals surface area contributed by atoms with Crippen LogP contribution in [0.1, 0.15) is 0 Å². The molecule has 0 aliphatic rings. The van der Waals surface area contributed by atoms with Crippen LogP contribution in [0, 0.1) is 5.82 Å². The fourth-order valence-corrected chi connectivity index (χ4v) is 1.58. The minimum Gasteiger partial charge on any atom is -0.505 e. The molecule has 2 aromatic carbocycles. The van der Waals surface area contributed by atoms with E-state index in [0.717, 1.165) is 12.1 Å². The summed E-state index contributed by atoms with van der Waals surface area (Å²) in [5.74, 6) is -1.74. The second-order valence-electron chi connectivity index (χ2n) is 3.71. The van der Waals surface area contributed by atoms with Gasteiger partial charge in [0.05, 0.1) is 0 Å². The van der Waals surface area contributed by atoms with E-state index in [0.29, 0.717) is 5.56 Å². The maximum absolute atomic E-state index is 13.6. The van der Waals surface area contributed by atoms with Crippen molar-refractivity contribution in [1.82, 2.24) is 0 Å². The zero-order valence-electron chi connectivity index (χ0n) is 9.41. The van der Waals surface area contributed by atoms with Gasteiger partial charge in [-0.05, 0) is 23.8 Å². The first-order chi connectivity index (χ1) is 8.87. The molecular weight excluding hydrogens is 264 g/mol. The van der Waals surface area contributed by atoms with Crippen molar-refractivity contribution < 1.29 is 27.4 Å². The Bertz CT molecular complexity index is 576. The summed E-state index contributed by atoms with van der Waals surface area (Å²) >= 11 is 0. The molecule has 0 heterocycles. The number of ether oxygens (including phenoxy) is 1. The Balaban J connectivity index is 2.30. The summed E-state index contributed by atoms with van der Waals surface area (Å²) in [6.45, 7) is 0. The van der Waals surface area contributed by atoms with E-state index in [1.807, 2.05) is 0 Å². The lowest BCUT2D eigenvalue weighted by Gasteiger charge is -2.10. The molecule has 0 aliphatic heterocycles. The molecule has 0 bridgehead atoms. The minimum absolute atomic E-state index is 0.0959. The number of benzene rings is 2. The van der Waals surface area contributed by atoms with Crippen molar-refractivity contribution in [3.63, 3.8) is 0 Å². The van der Waals surface area contributed by atoms with Crippen LogP contribution in [-0.2, 0) is 0 Å². The number of alkyl halides is 3. The van der Waals surface area contributed by atoms with Gasteiger partial charge >= 0.3 is 6.36 Å². The highest BCUT2D eigenvalue weighted by molar-refractivity contribution is 5.66. The summed E-state index contributed by atoms with van der Waals surface area (Å²) in [4.78, 5) is 0. The molecule has 0 saturated carbocycles. The fourth-order valence-electron chi connectivity index (χ4n) is 1.58. The molecule has 0 saturated heterocycles. The molecule has 2 aromatic rings. The number of rotatable bonds is 2. The maximum Gasteiger partial charge on any atom is 0.573 e. The van der Waals surface area contributed by atoms with Gasteiger partial charge in [-0.3, -0.25) is 0 Å². The van der Waals surface area contributed by atoms with Gasteiger partial charge in [-0.2, -0.15) is 0 Å². The Morgan fingerprint density at radius 1 is 0.947 bits per heavy atom. The Hall–Kier alpha value is -2.24. The van der Waals surface area contributed by atoms with Crippen molar-refractivity contribution in [2.75, 3.05) is 0 Å². The molecular formula is C13H8F4O2. The van der Waals surface area contributed by atoms with Gasteiger partial charge < -0.3 is 9.84 Å². The van der Waals surface area contributed by atoms with Crippen LogP contribution in [0.25, 0.3) is 11.1 Å². The van der Waals surface area contributed by atoms with Gasteiger partial charge in [0.15, 0.2) is 11.6 Å². The molecule has 0 radical (unpaired) electrons. The van der Waals surface area contributed by atoms with E-state index in [2.05, 4.69) is 4.74 Å². The molecule has 100 valence electrons. The summed E-state index contributed by atoms with van der Waals surface area (Å²) in [6, 6.07) is 8.74. The first-order valence-electron chi connectivity index (χ1n) is 5.20. The average molecular weight is 272 g/mol. The predicted molar refractivity (Wildman–Crippen MR) is 60.2 cm³/mol. The number of aromatic hydroxyl groups is 1. The van der Waals surface area contributed by atoms with Crippen molar-refractivity contribution in [1.29, 1.82) is 0 Å². The Morgan fingerprint density at radius 3 is 2.16 bits per heavy atom. The van der Waals surface area contributed by atoms with Gasteiger partial charge in [-0.15, -0.1) is 13.2 Å². The van der Waals surface area contributed by atoms with E-state index in [4.69, 9.17) is 0 Å². The Labute approximate surface area is 105 Å². The maximum atomic E-state index is 13.6. The van der Waals surface area contributed by atoms with Gasteiger partial charge in [-0.1, -0.05) is 24.3 Å². The highest BCUT2D eigenvalue weighted by Crippen LogP contribution is 2.30. The van der Waals surface area contributed by atoms with E-state index in [1.165, 1.54) is 30.3 Å². The Kier molecular flexibility index (Phi) is 3.33. The number of halogens is 4. The summed E-state index contributed by atoms with van der Waals surface area (Å²) in [7, 11) is 0. The molecule has 19 heavy (non-hydrogen) atoms. The van der Waals surface area contributed by atoms with E-state index >= 15 is 0 Å². The van der Waals surface area contributed by atoms with Crippen LogP contribution in [0.5, 0.6) is 11.5 Å². The second kappa shape index (κ2) is 4.79. The molecule has 0 unspecified atom stereocenters. The van der Waals surface area contributed by atoms with Gasteiger partial charge in [0.1, 0.15) is 5.75 Å². The standard InChI is InChI=1S/C13H8F4O2/c14-12-10(2-1-3-11(12)18)8-4-6-9(7-5-8)19-13(15,16)17/h1-7,18H. The van der Waals surface area contributed by atoms with E-state index < -0.39 is 23.7 Å². The lowest BCUT2D eigenvalue weighted by Crippen LogP contribution is -2.16. The fraction of sp³-hybridized carbons (Fsp3) is 0.0769. The summed E-state index contributed by atoms with van der Waals surface area (Å²) in [5.41, 5.74) is 0.432. The summed E-state index contributed by atoms with van der Waals surface area (Å²) in [5, 5.41) is 9.22. The number of phenols is 1. The molecule has 0 spiro atoms. The highest BCUT2D eigenvalue weighted by Gasteiger charge is 2.30. The third kappa shape index (κ3) is 3.15. The van der Waals surface area contributed by atoms with Crippen molar-refractivity contribution in [3.05, 3.63) is 48.3 Å². The molecule has 0 atom stereocenters. The van der Waals surface area contributed by atoms with E-state index in [9.17, 15) is 22.7 Å². The molecule has 2 nitrogen and oxygen atoms in total. The molecule has 1 N–H and O–H groups in total. The van der Waals surface area contributed by atoms with Crippen LogP contribution in [0.3, 0.4) is 0 Å². The highest BCUT2D eigenvalue weighted by atomic mass is 19.4. The first kappa shape index (κ1) is 13.2. The SMILES string of the molecule is Oc1cccc(-c2ccc(OC(F)(F)F)cc2)c1F. The number of hydrogen-bond donors (Lipinski definition) is 1. The van der Waals surface area contributed by atoms with Crippen molar-refractivity contribution in [2.24, 2.45) is 0 Å². The van der Waals surface area contributed by atoms with Crippen LogP contribution >= 0.6 is 0 Å². The molecule has 0 aromatic heterocycles. The van der Waals surface area contributed by atoms with E-state index in [-0.39, 0.29) is 5.56 Å². The van der Waals surface area contributed by atoms with Gasteiger partial charge in [0.2, 0.25) is 0 Å². The molecule has 6 heteroatoms. The third-order valence-corrected chi connectivity index (χ3v) is 2.38. The van der Waals surface area contributed by atoms with Gasteiger partial charge in [0, 0.05) is 5.56 Å². The van der Waals surface area contributed by atoms with Gasteiger partial charge in [-0.25, -0.2) is 4.39 Å². The smallest absolute Gasteiger partial charge is 0.505 e. The van der Waals surface area contributed by atoms with Crippen LogP contribution in [-0.4, -0.2) is 11.5 Å². The van der Waals surface area contributed by atoms with E-state index in [1.54, 1.807) is 0 Å². The van der Waals surface area contributed by atoms with Crippen molar-refractivity contribution in [3.8, 4) is 22.6 Å².